The van der Waals surface area contributed by atoms with Gasteiger partial charge in [0, 0.05) is 5.56 Å². The van der Waals surface area contributed by atoms with Crippen LogP contribution in [0.15, 0.2) is 30.3 Å². The number of methoxy groups -OCH3 is 1. The lowest BCUT2D eigenvalue weighted by Gasteiger charge is -2.22. The molecule has 5 heteroatoms. The van der Waals surface area contributed by atoms with Crippen LogP contribution < -0.4 is 16.0 Å². The van der Waals surface area contributed by atoms with Gasteiger partial charge in [-0.05, 0) is 42.7 Å². The average Bonchev–Trinajstić information content (AvgIpc) is 2.47. The second kappa shape index (κ2) is 6.67. The zero-order chi connectivity index (χ0) is 15.6. The fourth-order valence-electron chi connectivity index (χ4n) is 2.37. The zero-order valence-corrected chi connectivity index (χ0v) is 13.7. The van der Waals surface area contributed by atoms with E-state index in [1.54, 1.807) is 13.2 Å². The van der Waals surface area contributed by atoms with Crippen LogP contribution in [0.3, 0.4) is 0 Å². The molecule has 0 saturated heterocycles. The highest BCUT2D eigenvalue weighted by atomic mass is 35.5. The van der Waals surface area contributed by atoms with E-state index in [1.165, 1.54) is 5.56 Å². The summed E-state index contributed by atoms with van der Waals surface area (Å²) < 4.78 is 5.56. The molecule has 0 aliphatic heterocycles. The van der Waals surface area contributed by atoms with Crippen LogP contribution in [-0.4, -0.2) is 7.11 Å². The molecular weight excluding hydrogens is 307 g/mol. The first kappa shape index (κ1) is 16.1. The van der Waals surface area contributed by atoms with Gasteiger partial charge >= 0.3 is 0 Å². The van der Waals surface area contributed by atoms with Gasteiger partial charge in [0.25, 0.3) is 0 Å². The summed E-state index contributed by atoms with van der Waals surface area (Å²) >= 11 is 12.1. The Kier molecular flexibility index (Phi) is 5.12. The van der Waals surface area contributed by atoms with Crippen molar-refractivity contribution in [1.29, 1.82) is 0 Å². The van der Waals surface area contributed by atoms with Gasteiger partial charge in [0.15, 0.2) is 0 Å². The van der Waals surface area contributed by atoms with Crippen LogP contribution in [0.5, 0.6) is 5.75 Å². The minimum Gasteiger partial charge on any atom is -0.496 e. The summed E-state index contributed by atoms with van der Waals surface area (Å²) in [6.45, 7) is 4.08. The van der Waals surface area contributed by atoms with Crippen molar-refractivity contribution in [2.24, 2.45) is 5.84 Å². The third-order valence-electron chi connectivity index (χ3n) is 3.67. The summed E-state index contributed by atoms with van der Waals surface area (Å²) in [6, 6.07) is 9.30. The highest BCUT2D eigenvalue weighted by molar-refractivity contribution is 6.42. The normalized spacial score (nSPS) is 12.3. The van der Waals surface area contributed by atoms with Crippen molar-refractivity contribution in [3.8, 4) is 5.75 Å². The monoisotopic (exact) mass is 324 g/mol. The van der Waals surface area contributed by atoms with Gasteiger partial charge in [-0.25, -0.2) is 5.43 Å². The second-order valence-electron chi connectivity index (χ2n) is 4.90. The molecule has 0 aromatic heterocycles. The van der Waals surface area contributed by atoms with E-state index in [1.807, 2.05) is 32.0 Å². The molecule has 112 valence electrons. The van der Waals surface area contributed by atoms with E-state index < -0.39 is 0 Å². The van der Waals surface area contributed by atoms with Crippen molar-refractivity contribution >= 4 is 23.2 Å². The maximum absolute atomic E-state index is 6.10. The number of nitrogens with two attached hydrogens (primary N) is 1. The Hall–Kier alpha value is -1.26. The SMILES string of the molecule is COc1c(C(NN)c2ccc(Cl)c(Cl)c2)ccc(C)c1C. The molecule has 0 aliphatic carbocycles. The van der Waals surface area contributed by atoms with Gasteiger partial charge in [-0.15, -0.1) is 0 Å². The molecule has 0 radical (unpaired) electrons. The first-order valence-corrected chi connectivity index (χ1v) is 7.30. The third-order valence-corrected chi connectivity index (χ3v) is 4.40. The maximum atomic E-state index is 6.10. The second-order valence-corrected chi connectivity index (χ2v) is 5.72. The van der Waals surface area contributed by atoms with Gasteiger partial charge in [0.05, 0.1) is 23.2 Å². The molecule has 1 atom stereocenters. The zero-order valence-electron chi connectivity index (χ0n) is 12.2. The van der Waals surface area contributed by atoms with Crippen molar-refractivity contribution in [3.63, 3.8) is 0 Å². The number of aryl methyl sites for hydroxylation is 1. The van der Waals surface area contributed by atoms with Crippen LogP contribution in [-0.2, 0) is 0 Å². The molecule has 3 nitrogen and oxygen atoms in total. The quantitative estimate of drug-likeness (QED) is 0.655. The predicted molar refractivity (Wildman–Crippen MR) is 88.1 cm³/mol. The smallest absolute Gasteiger partial charge is 0.127 e. The molecular formula is C16H18Cl2N2O. The number of hydrazine groups is 1. The first-order valence-electron chi connectivity index (χ1n) is 6.54. The highest BCUT2D eigenvalue weighted by Gasteiger charge is 2.19. The van der Waals surface area contributed by atoms with Gasteiger partial charge in [0.1, 0.15) is 5.75 Å². The summed E-state index contributed by atoms with van der Waals surface area (Å²) in [4.78, 5) is 0. The van der Waals surface area contributed by atoms with E-state index >= 15 is 0 Å². The van der Waals surface area contributed by atoms with Gasteiger partial charge < -0.3 is 4.74 Å². The lowest BCUT2D eigenvalue weighted by molar-refractivity contribution is 0.401. The topological polar surface area (TPSA) is 47.3 Å². The summed E-state index contributed by atoms with van der Waals surface area (Å²) in [5.41, 5.74) is 6.97. The molecule has 0 heterocycles. The molecule has 21 heavy (non-hydrogen) atoms. The summed E-state index contributed by atoms with van der Waals surface area (Å²) in [7, 11) is 1.66. The summed E-state index contributed by atoms with van der Waals surface area (Å²) in [5, 5.41) is 1.01. The largest absolute Gasteiger partial charge is 0.496 e. The molecule has 0 spiro atoms. The third kappa shape index (κ3) is 3.16. The van der Waals surface area contributed by atoms with E-state index in [9.17, 15) is 0 Å². The number of ether oxygens (including phenoxy) is 1. The van der Waals surface area contributed by atoms with Crippen LogP contribution >= 0.6 is 23.2 Å². The number of halogens is 2. The summed E-state index contributed by atoms with van der Waals surface area (Å²) in [6.07, 6.45) is 0. The van der Waals surface area contributed by atoms with E-state index in [0.29, 0.717) is 10.0 Å². The number of nitrogens with one attached hydrogen (secondary N) is 1. The minimum absolute atomic E-state index is 0.228. The Morgan fingerprint density at radius 2 is 1.81 bits per heavy atom. The predicted octanol–water partition coefficient (Wildman–Crippen LogP) is 4.17. The van der Waals surface area contributed by atoms with Crippen molar-refractivity contribution in [3.05, 3.63) is 62.6 Å². The molecule has 3 N–H and O–H groups in total. The molecule has 0 aliphatic rings. The lowest BCUT2D eigenvalue weighted by Crippen LogP contribution is -2.29. The van der Waals surface area contributed by atoms with Crippen LogP contribution in [0.1, 0.15) is 28.3 Å². The Morgan fingerprint density at radius 1 is 1.10 bits per heavy atom. The molecule has 0 bridgehead atoms. The average molecular weight is 325 g/mol. The van der Waals surface area contributed by atoms with Gasteiger partial charge in [-0.3, -0.25) is 5.84 Å². The number of rotatable bonds is 4. The maximum Gasteiger partial charge on any atom is 0.127 e. The molecule has 0 fully saturated rings. The molecule has 2 aromatic carbocycles. The molecule has 0 amide bonds. The van der Waals surface area contributed by atoms with Gasteiger partial charge in [-0.2, -0.15) is 0 Å². The molecule has 2 rings (SSSR count). The number of hydrogen-bond donors (Lipinski definition) is 2. The van der Waals surface area contributed by atoms with Crippen molar-refractivity contribution in [2.75, 3.05) is 7.11 Å². The van der Waals surface area contributed by atoms with E-state index in [4.69, 9.17) is 33.8 Å². The van der Waals surface area contributed by atoms with E-state index in [0.717, 1.165) is 22.4 Å². The number of benzene rings is 2. The fourth-order valence-corrected chi connectivity index (χ4v) is 2.67. The Morgan fingerprint density at radius 3 is 2.38 bits per heavy atom. The minimum atomic E-state index is -0.228. The van der Waals surface area contributed by atoms with E-state index in [2.05, 4.69) is 11.5 Å². The fraction of sp³-hybridized carbons (Fsp3) is 0.250. The number of hydrogen-bond acceptors (Lipinski definition) is 3. The van der Waals surface area contributed by atoms with E-state index in [-0.39, 0.29) is 6.04 Å². The van der Waals surface area contributed by atoms with Crippen molar-refractivity contribution in [1.82, 2.24) is 5.43 Å². The Labute approximate surface area is 135 Å². The van der Waals surface area contributed by atoms with Crippen molar-refractivity contribution < 1.29 is 4.74 Å². The molecule has 2 aromatic rings. The Bertz CT molecular complexity index is 659. The Balaban J connectivity index is 2.56. The van der Waals surface area contributed by atoms with Gasteiger partial charge in [-0.1, -0.05) is 41.4 Å². The van der Waals surface area contributed by atoms with Crippen LogP contribution in [0.2, 0.25) is 10.0 Å². The highest BCUT2D eigenvalue weighted by Crippen LogP contribution is 2.35. The molecule has 0 saturated carbocycles. The standard InChI is InChI=1S/C16H18Cl2N2O/c1-9-4-6-12(16(21-3)10(9)2)15(20-19)11-5-7-13(17)14(18)8-11/h4-8,15,20H,19H2,1-3H3. The first-order chi connectivity index (χ1) is 9.99. The molecule has 1 unspecified atom stereocenters. The van der Waals surface area contributed by atoms with Crippen LogP contribution in [0, 0.1) is 13.8 Å². The van der Waals surface area contributed by atoms with Crippen molar-refractivity contribution in [2.45, 2.75) is 19.9 Å². The van der Waals surface area contributed by atoms with Gasteiger partial charge in [0.2, 0.25) is 0 Å². The lowest BCUT2D eigenvalue weighted by atomic mass is 9.94. The van der Waals surface area contributed by atoms with Crippen LogP contribution in [0.25, 0.3) is 0 Å². The summed E-state index contributed by atoms with van der Waals surface area (Å²) in [5.74, 6) is 6.58. The van der Waals surface area contributed by atoms with Crippen LogP contribution in [0.4, 0.5) is 0 Å².